The van der Waals surface area contributed by atoms with Gasteiger partial charge in [-0.2, -0.15) is 0 Å². The molecule has 0 saturated carbocycles. The molecule has 0 aliphatic rings. The normalized spacial score (nSPS) is 9.89. The Morgan fingerprint density at radius 1 is 1.16 bits per heavy atom. The van der Waals surface area contributed by atoms with Crippen molar-refractivity contribution in [1.29, 1.82) is 0 Å². The van der Waals surface area contributed by atoms with Gasteiger partial charge in [-0.3, -0.25) is 14.4 Å². The molecule has 6 heteroatoms. The summed E-state index contributed by atoms with van der Waals surface area (Å²) in [6.45, 7) is 0.396. The molecule has 0 spiro atoms. The fourth-order valence-electron chi connectivity index (χ4n) is 1.52. The largest absolute Gasteiger partial charge is 0.481 e. The van der Waals surface area contributed by atoms with Gasteiger partial charge in [-0.15, -0.1) is 0 Å². The molecule has 0 fully saturated rings. The van der Waals surface area contributed by atoms with Gasteiger partial charge in [0.1, 0.15) is 0 Å². The quantitative estimate of drug-likeness (QED) is 0.632. The van der Waals surface area contributed by atoms with Gasteiger partial charge in [0.05, 0.1) is 0 Å². The first-order valence-electron chi connectivity index (χ1n) is 5.90. The van der Waals surface area contributed by atoms with Crippen LogP contribution in [0.2, 0.25) is 0 Å². The highest BCUT2D eigenvalue weighted by Gasteiger charge is 2.07. The molecule has 0 unspecified atom stereocenters. The maximum atomic E-state index is 11.7. The molecular weight excluding hydrogens is 248 g/mol. The SMILES string of the molecule is NC(=O)c1cccc(C(=O)NCCCCC(=O)O)c1. The minimum Gasteiger partial charge on any atom is -0.481 e. The second-order valence-corrected chi connectivity index (χ2v) is 4.05. The van der Waals surface area contributed by atoms with E-state index in [4.69, 9.17) is 10.8 Å². The predicted molar refractivity (Wildman–Crippen MR) is 68.8 cm³/mol. The van der Waals surface area contributed by atoms with Crippen molar-refractivity contribution >= 4 is 17.8 Å². The molecule has 6 nitrogen and oxygen atoms in total. The highest BCUT2D eigenvalue weighted by molar-refractivity contribution is 5.99. The van der Waals surface area contributed by atoms with Crippen molar-refractivity contribution in [1.82, 2.24) is 5.32 Å². The van der Waals surface area contributed by atoms with E-state index >= 15 is 0 Å². The average molecular weight is 264 g/mol. The molecule has 4 N–H and O–H groups in total. The number of carboxylic acid groups (broad SMARTS) is 1. The minimum atomic E-state index is -0.847. The van der Waals surface area contributed by atoms with Crippen LogP contribution in [0.15, 0.2) is 24.3 Å². The van der Waals surface area contributed by atoms with E-state index < -0.39 is 11.9 Å². The molecular formula is C13H16N2O4. The zero-order chi connectivity index (χ0) is 14.3. The number of primary amides is 1. The van der Waals surface area contributed by atoms with Crippen LogP contribution in [0.5, 0.6) is 0 Å². The van der Waals surface area contributed by atoms with Crippen LogP contribution in [-0.4, -0.2) is 29.4 Å². The number of nitrogens with two attached hydrogens (primary N) is 1. The Morgan fingerprint density at radius 3 is 2.47 bits per heavy atom. The molecule has 1 aromatic carbocycles. The Balaban J connectivity index is 2.43. The second-order valence-electron chi connectivity index (χ2n) is 4.05. The number of hydrogen-bond donors (Lipinski definition) is 3. The molecule has 19 heavy (non-hydrogen) atoms. The van der Waals surface area contributed by atoms with Crippen molar-refractivity contribution in [2.45, 2.75) is 19.3 Å². The summed E-state index contributed by atoms with van der Waals surface area (Å²) in [5, 5.41) is 11.1. The van der Waals surface area contributed by atoms with E-state index in [-0.39, 0.29) is 17.9 Å². The number of nitrogens with one attached hydrogen (secondary N) is 1. The Labute approximate surface area is 110 Å². The van der Waals surface area contributed by atoms with Crippen LogP contribution in [0.4, 0.5) is 0 Å². The fourth-order valence-corrected chi connectivity index (χ4v) is 1.52. The Kier molecular flexibility index (Phi) is 5.53. The van der Waals surface area contributed by atoms with Gasteiger partial charge in [0.15, 0.2) is 0 Å². The van der Waals surface area contributed by atoms with Crippen molar-refractivity contribution in [2.24, 2.45) is 5.73 Å². The number of carboxylic acids is 1. The van der Waals surface area contributed by atoms with E-state index in [0.29, 0.717) is 24.9 Å². The van der Waals surface area contributed by atoms with Crippen molar-refractivity contribution < 1.29 is 19.5 Å². The standard InChI is InChI=1S/C13H16N2O4/c14-12(18)9-4-3-5-10(8-9)13(19)15-7-2-1-6-11(16)17/h3-5,8H,1-2,6-7H2,(H2,14,18)(H,15,19)(H,16,17). The van der Waals surface area contributed by atoms with Crippen molar-refractivity contribution in [3.63, 3.8) is 0 Å². The minimum absolute atomic E-state index is 0.0903. The molecule has 1 aromatic rings. The van der Waals surface area contributed by atoms with Gasteiger partial charge in [0, 0.05) is 24.1 Å². The average Bonchev–Trinajstić information content (AvgIpc) is 2.37. The summed E-state index contributed by atoms with van der Waals surface area (Å²) in [5.41, 5.74) is 5.76. The van der Waals surface area contributed by atoms with Crippen LogP contribution in [0.1, 0.15) is 40.0 Å². The maximum absolute atomic E-state index is 11.7. The maximum Gasteiger partial charge on any atom is 0.303 e. The zero-order valence-corrected chi connectivity index (χ0v) is 10.4. The summed E-state index contributed by atoms with van der Waals surface area (Å²) in [5.74, 6) is -1.74. The molecule has 1 rings (SSSR count). The van der Waals surface area contributed by atoms with Crippen molar-refractivity contribution in [3.05, 3.63) is 35.4 Å². The molecule has 0 atom stereocenters. The molecule has 0 radical (unpaired) electrons. The van der Waals surface area contributed by atoms with Gasteiger partial charge in [0.2, 0.25) is 5.91 Å². The topological polar surface area (TPSA) is 109 Å². The van der Waals surface area contributed by atoms with E-state index in [1.807, 2.05) is 0 Å². The summed E-state index contributed by atoms with van der Waals surface area (Å²) < 4.78 is 0. The molecule has 0 bridgehead atoms. The van der Waals surface area contributed by atoms with Crippen LogP contribution in [0, 0.1) is 0 Å². The van der Waals surface area contributed by atoms with Gasteiger partial charge >= 0.3 is 5.97 Å². The molecule has 0 saturated heterocycles. The van der Waals surface area contributed by atoms with E-state index in [1.54, 1.807) is 12.1 Å². The van der Waals surface area contributed by atoms with Crippen LogP contribution >= 0.6 is 0 Å². The van der Waals surface area contributed by atoms with Crippen molar-refractivity contribution in [3.8, 4) is 0 Å². The highest BCUT2D eigenvalue weighted by Crippen LogP contribution is 2.04. The smallest absolute Gasteiger partial charge is 0.303 e. The third kappa shape index (κ3) is 5.20. The number of amides is 2. The number of aliphatic carboxylic acids is 1. The van der Waals surface area contributed by atoms with Gasteiger partial charge in [-0.05, 0) is 31.0 Å². The predicted octanol–water partition coefficient (Wildman–Crippen LogP) is 0.770. The monoisotopic (exact) mass is 264 g/mol. The lowest BCUT2D eigenvalue weighted by Gasteiger charge is -2.05. The first-order chi connectivity index (χ1) is 9.00. The Bertz CT molecular complexity index is 485. The van der Waals surface area contributed by atoms with Gasteiger partial charge in [-0.25, -0.2) is 0 Å². The van der Waals surface area contributed by atoms with Gasteiger partial charge in [0.25, 0.3) is 5.91 Å². The van der Waals surface area contributed by atoms with Crippen molar-refractivity contribution in [2.75, 3.05) is 6.54 Å². The van der Waals surface area contributed by atoms with Gasteiger partial charge < -0.3 is 16.2 Å². The number of benzene rings is 1. The van der Waals surface area contributed by atoms with Crippen LogP contribution in [0.3, 0.4) is 0 Å². The zero-order valence-electron chi connectivity index (χ0n) is 10.4. The number of hydrogen-bond acceptors (Lipinski definition) is 3. The van der Waals surface area contributed by atoms with Crippen LogP contribution in [0.25, 0.3) is 0 Å². The van der Waals surface area contributed by atoms with E-state index in [0.717, 1.165) is 0 Å². The van der Waals surface area contributed by atoms with Gasteiger partial charge in [-0.1, -0.05) is 6.07 Å². The summed E-state index contributed by atoms with van der Waals surface area (Å²) in [4.78, 5) is 33.0. The van der Waals surface area contributed by atoms with Crippen LogP contribution < -0.4 is 11.1 Å². The summed E-state index contributed by atoms with van der Waals surface area (Å²) in [7, 11) is 0. The van der Waals surface area contributed by atoms with E-state index in [1.165, 1.54) is 12.1 Å². The summed E-state index contributed by atoms with van der Waals surface area (Å²) in [6, 6.07) is 6.12. The molecule has 0 aliphatic carbocycles. The van der Waals surface area contributed by atoms with E-state index in [9.17, 15) is 14.4 Å². The first-order valence-corrected chi connectivity index (χ1v) is 5.90. The Hall–Kier alpha value is -2.37. The van der Waals surface area contributed by atoms with E-state index in [2.05, 4.69) is 5.32 Å². The lowest BCUT2D eigenvalue weighted by atomic mass is 10.1. The number of carbonyl (C=O) groups is 3. The second kappa shape index (κ2) is 7.15. The lowest BCUT2D eigenvalue weighted by Crippen LogP contribution is -2.25. The third-order valence-electron chi connectivity index (χ3n) is 2.51. The highest BCUT2D eigenvalue weighted by atomic mass is 16.4. The molecule has 0 aliphatic heterocycles. The molecule has 0 heterocycles. The molecule has 102 valence electrons. The number of carbonyl (C=O) groups excluding carboxylic acids is 2. The summed E-state index contributed by atoms with van der Waals surface area (Å²) in [6.07, 6.45) is 1.19. The fraction of sp³-hybridized carbons (Fsp3) is 0.308. The Morgan fingerprint density at radius 2 is 1.84 bits per heavy atom. The molecule has 0 aromatic heterocycles. The first kappa shape index (κ1) is 14.7. The number of unbranched alkanes of at least 4 members (excludes halogenated alkanes) is 1. The summed E-state index contributed by atoms with van der Waals surface area (Å²) >= 11 is 0. The van der Waals surface area contributed by atoms with Crippen LogP contribution in [-0.2, 0) is 4.79 Å². The third-order valence-corrected chi connectivity index (χ3v) is 2.51. The number of rotatable bonds is 7. The molecule has 2 amide bonds. The lowest BCUT2D eigenvalue weighted by molar-refractivity contribution is -0.137.